The van der Waals surface area contributed by atoms with E-state index < -0.39 is 13.1 Å². The van der Waals surface area contributed by atoms with E-state index in [0.717, 1.165) is 45.3 Å². The summed E-state index contributed by atoms with van der Waals surface area (Å²) >= 11 is 8.15. The highest BCUT2D eigenvalue weighted by molar-refractivity contribution is 7.99. The van der Waals surface area contributed by atoms with Gasteiger partial charge in [0.15, 0.2) is 0 Å². The number of nitrogens with two attached hydrogens (primary N) is 1. The third-order valence-corrected chi connectivity index (χ3v) is 6.99. The van der Waals surface area contributed by atoms with Crippen LogP contribution in [-0.4, -0.2) is 15.3 Å². The molecule has 34 heavy (non-hydrogen) atoms. The lowest BCUT2D eigenvalue weighted by Gasteiger charge is -2.20. The number of ether oxygens (including phenoxy) is 1. The molecule has 0 aromatic heterocycles. The van der Waals surface area contributed by atoms with Crippen molar-refractivity contribution in [3.8, 4) is 5.75 Å². The second-order valence-electron chi connectivity index (χ2n) is 8.37. The van der Waals surface area contributed by atoms with E-state index in [-0.39, 0.29) is 0 Å². The van der Waals surface area contributed by atoms with E-state index in [9.17, 15) is 4.57 Å². The molecule has 180 valence electrons. The van der Waals surface area contributed by atoms with Crippen molar-refractivity contribution in [2.24, 2.45) is 5.73 Å². The summed E-state index contributed by atoms with van der Waals surface area (Å²) in [6.45, 7) is 2.27. The van der Waals surface area contributed by atoms with Crippen molar-refractivity contribution in [1.82, 2.24) is 0 Å². The van der Waals surface area contributed by atoms with E-state index in [0.29, 0.717) is 18.1 Å². The molecule has 4 N–H and O–H groups in total. The average molecular weight is 518 g/mol. The monoisotopic (exact) mass is 517 g/mol. The fraction of sp³-hybridized carbons (Fsp3) is 0.231. The van der Waals surface area contributed by atoms with E-state index in [2.05, 4.69) is 0 Å². The number of rotatable bonds is 11. The molecular weight excluding hydrogens is 489 g/mol. The maximum absolute atomic E-state index is 11.0. The maximum Gasteiger partial charge on any atom is 0.348 e. The first kappa shape index (κ1) is 26.6. The molecule has 0 saturated carbocycles. The normalized spacial score (nSPS) is 13.7. The van der Waals surface area contributed by atoms with Crippen molar-refractivity contribution < 1.29 is 19.1 Å². The molecule has 0 spiro atoms. The van der Waals surface area contributed by atoms with Crippen LogP contribution in [-0.2, 0) is 17.6 Å². The third kappa shape index (κ3) is 9.30. The first-order valence-corrected chi connectivity index (χ1v) is 13.7. The van der Waals surface area contributed by atoms with Gasteiger partial charge in [0, 0.05) is 26.2 Å². The van der Waals surface area contributed by atoms with Gasteiger partial charge in [0.1, 0.15) is 12.4 Å². The predicted molar refractivity (Wildman–Crippen MR) is 140 cm³/mol. The Bertz CT molecular complexity index is 1160. The van der Waals surface area contributed by atoms with Gasteiger partial charge in [0.05, 0.1) is 0 Å². The molecule has 3 rings (SSSR count). The molecule has 0 amide bonds. The number of benzene rings is 3. The summed E-state index contributed by atoms with van der Waals surface area (Å²) in [6.07, 6.45) is 3.42. The standard InChI is InChI=1S/C26H29ClNO4PS/c1-26(28,15-16-33(29,30)31)14-6-9-21-12-13-24(18-25(21)27)34-23-11-5-10-22(17-23)32-19-20-7-3-2-4-8-20/h2-5,7-8,10-13,15-18H,6,9,14,19,28H2,1H3,(H2,29,30,31)/b16-15+. The highest BCUT2D eigenvalue weighted by Crippen LogP contribution is 2.37. The molecule has 0 aliphatic carbocycles. The predicted octanol–water partition coefficient (Wildman–Crippen LogP) is 6.80. The van der Waals surface area contributed by atoms with Crippen LogP contribution >= 0.6 is 31.0 Å². The van der Waals surface area contributed by atoms with E-state index in [1.807, 2.05) is 72.8 Å². The maximum atomic E-state index is 11.0. The van der Waals surface area contributed by atoms with Crippen LogP contribution in [0.5, 0.6) is 5.75 Å². The summed E-state index contributed by atoms with van der Waals surface area (Å²) < 4.78 is 16.9. The fourth-order valence-electron chi connectivity index (χ4n) is 3.31. The van der Waals surface area contributed by atoms with Crippen LogP contribution in [0.1, 0.15) is 30.9 Å². The Morgan fingerprint density at radius 2 is 1.79 bits per heavy atom. The van der Waals surface area contributed by atoms with Crippen molar-refractivity contribution >= 4 is 31.0 Å². The smallest absolute Gasteiger partial charge is 0.348 e. The van der Waals surface area contributed by atoms with Crippen LogP contribution < -0.4 is 10.5 Å². The Labute approximate surface area is 210 Å². The molecule has 0 aliphatic heterocycles. The largest absolute Gasteiger partial charge is 0.489 e. The summed E-state index contributed by atoms with van der Waals surface area (Å²) in [5, 5.41) is 0.686. The minimum atomic E-state index is -4.21. The molecule has 1 atom stereocenters. The van der Waals surface area contributed by atoms with Gasteiger partial charge in [0.25, 0.3) is 0 Å². The second kappa shape index (κ2) is 12.1. The summed E-state index contributed by atoms with van der Waals surface area (Å²) in [5.41, 5.74) is 7.47. The molecule has 0 heterocycles. The molecule has 0 aliphatic rings. The van der Waals surface area contributed by atoms with Crippen molar-refractivity contribution in [1.29, 1.82) is 0 Å². The SMILES string of the molecule is CC(N)(/C=C/P(=O)(O)O)CCCc1ccc(Sc2cccc(OCc3ccccc3)c2)cc1Cl. The number of hydrogen-bond acceptors (Lipinski definition) is 4. The summed E-state index contributed by atoms with van der Waals surface area (Å²) in [4.78, 5) is 20.1. The lowest BCUT2D eigenvalue weighted by Crippen LogP contribution is -2.33. The highest BCUT2D eigenvalue weighted by atomic mass is 35.5. The lowest BCUT2D eigenvalue weighted by molar-refractivity contribution is 0.305. The zero-order chi connectivity index (χ0) is 24.6. The molecule has 5 nitrogen and oxygen atoms in total. The van der Waals surface area contributed by atoms with Gasteiger partial charge in [-0.1, -0.05) is 71.9 Å². The Hall–Kier alpha value is -2.05. The molecule has 8 heteroatoms. The average Bonchev–Trinajstić information content (AvgIpc) is 2.78. The topological polar surface area (TPSA) is 92.8 Å². The highest BCUT2D eigenvalue weighted by Gasteiger charge is 2.17. The van der Waals surface area contributed by atoms with Gasteiger partial charge in [-0.15, -0.1) is 0 Å². The van der Waals surface area contributed by atoms with Crippen molar-refractivity contribution in [2.75, 3.05) is 0 Å². The lowest BCUT2D eigenvalue weighted by atomic mass is 9.95. The summed E-state index contributed by atoms with van der Waals surface area (Å²) in [5.74, 6) is 1.68. The molecule has 0 radical (unpaired) electrons. The third-order valence-electron chi connectivity index (χ3n) is 5.13. The van der Waals surface area contributed by atoms with Crippen LogP contribution in [0.15, 0.2) is 94.5 Å². The van der Waals surface area contributed by atoms with E-state index >= 15 is 0 Å². The Kier molecular flexibility index (Phi) is 9.43. The Morgan fingerprint density at radius 1 is 1.06 bits per heavy atom. The van der Waals surface area contributed by atoms with Crippen molar-refractivity contribution in [2.45, 2.75) is 48.1 Å². The molecule has 3 aromatic carbocycles. The fourth-order valence-corrected chi connectivity index (χ4v) is 5.09. The first-order valence-electron chi connectivity index (χ1n) is 10.9. The van der Waals surface area contributed by atoms with Crippen LogP contribution in [0.4, 0.5) is 0 Å². The van der Waals surface area contributed by atoms with E-state index in [1.165, 1.54) is 6.08 Å². The van der Waals surface area contributed by atoms with Crippen LogP contribution in [0.3, 0.4) is 0 Å². The van der Waals surface area contributed by atoms with Crippen molar-refractivity contribution in [3.63, 3.8) is 0 Å². The number of aryl methyl sites for hydroxylation is 1. The van der Waals surface area contributed by atoms with Gasteiger partial charge in [-0.2, -0.15) is 0 Å². The van der Waals surface area contributed by atoms with Gasteiger partial charge >= 0.3 is 7.60 Å². The minimum absolute atomic E-state index is 0.520. The van der Waals surface area contributed by atoms with E-state index in [4.69, 9.17) is 31.9 Å². The molecular formula is C26H29ClNO4PS. The van der Waals surface area contributed by atoms with Crippen molar-refractivity contribution in [3.05, 3.63) is 101 Å². The molecule has 3 aromatic rings. The van der Waals surface area contributed by atoms with Gasteiger partial charge in [0.2, 0.25) is 0 Å². The quantitative estimate of drug-likeness (QED) is 0.242. The van der Waals surface area contributed by atoms with Crippen LogP contribution in [0, 0.1) is 0 Å². The zero-order valence-electron chi connectivity index (χ0n) is 18.9. The number of halogens is 1. The zero-order valence-corrected chi connectivity index (χ0v) is 21.4. The van der Waals surface area contributed by atoms with Gasteiger partial charge < -0.3 is 20.3 Å². The molecule has 1 unspecified atom stereocenters. The van der Waals surface area contributed by atoms with Gasteiger partial charge in [-0.3, -0.25) is 4.57 Å². The van der Waals surface area contributed by atoms with Crippen LogP contribution in [0.2, 0.25) is 5.02 Å². The molecule has 0 saturated heterocycles. The summed E-state index contributed by atoms with van der Waals surface area (Å²) in [6, 6.07) is 24.0. The van der Waals surface area contributed by atoms with Crippen LogP contribution in [0.25, 0.3) is 0 Å². The van der Waals surface area contributed by atoms with Gasteiger partial charge in [-0.05, 0) is 67.6 Å². The Morgan fingerprint density at radius 3 is 2.50 bits per heavy atom. The summed E-state index contributed by atoms with van der Waals surface area (Å²) in [7, 11) is -4.21. The van der Waals surface area contributed by atoms with E-state index in [1.54, 1.807) is 18.7 Å². The minimum Gasteiger partial charge on any atom is -0.489 e. The van der Waals surface area contributed by atoms with Gasteiger partial charge in [-0.25, -0.2) is 0 Å². The first-order chi connectivity index (χ1) is 16.1. The number of hydrogen-bond donors (Lipinski definition) is 3. The molecule has 0 fully saturated rings. The molecule has 0 bridgehead atoms. The second-order valence-corrected chi connectivity index (χ2v) is 11.4. The Balaban J connectivity index is 1.55.